The number of hydrogen-bond donors (Lipinski definition) is 0. The van der Waals surface area contributed by atoms with Crippen LogP contribution in [0.25, 0.3) is 0 Å². The zero-order chi connectivity index (χ0) is 14.5. The molecular weight excluding hydrogens is 302 g/mol. The van der Waals surface area contributed by atoms with Crippen molar-refractivity contribution in [3.8, 4) is 11.5 Å². The van der Waals surface area contributed by atoms with Crippen molar-refractivity contribution in [2.45, 2.75) is 0 Å². The Morgan fingerprint density at radius 1 is 0.905 bits per heavy atom. The maximum atomic E-state index is 5.84. The molecule has 0 aliphatic carbocycles. The highest BCUT2D eigenvalue weighted by molar-refractivity contribution is 7.11. The van der Waals surface area contributed by atoms with Crippen LogP contribution < -0.4 is 4.74 Å². The summed E-state index contributed by atoms with van der Waals surface area (Å²) in [6.07, 6.45) is 1.86. The molecule has 3 rings (SSSR count). The third-order valence-corrected chi connectivity index (χ3v) is 3.83. The molecule has 4 heteroatoms. The van der Waals surface area contributed by atoms with Crippen molar-refractivity contribution in [2.75, 3.05) is 0 Å². The van der Waals surface area contributed by atoms with Crippen LogP contribution in [0.15, 0.2) is 71.0 Å². The van der Waals surface area contributed by atoms with Crippen LogP contribution in [0.5, 0.6) is 11.5 Å². The molecule has 0 saturated heterocycles. The van der Waals surface area contributed by atoms with E-state index in [0.29, 0.717) is 5.02 Å². The SMILES string of the molecule is Clc1ccc(Oc2ccc(N=Cc3cccs3)cc2)cc1. The molecular formula is C17H12ClNOS. The van der Waals surface area contributed by atoms with Gasteiger partial charge in [0.25, 0.3) is 0 Å². The van der Waals surface area contributed by atoms with Crippen molar-refractivity contribution in [1.29, 1.82) is 0 Å². The lowest BCUT2D eigenvalue weighted by Crippen LogP contribution is -1.82. The Hall–Kier alpha value is -2.10. The van der Waals surface area contributed by atoms with E-state index in [9.17, 15) is 0 Å². The number of hydrogen-bond acceptors (Lipinski definition) is 3. The van der Waals surface area contributed by atoms with Gasteiger partial charge in [-0.05, 0) is 60.0 Å². The summed E-state index contributed by atoms with van der Waals surface area (Å²) in [5.74, 6) is 1.53. The van der Waals surface area contributed by atoms with Gasteiger partial charge in [0.15, 0.2) is 0 Å². The number of benzene rings is 2. The topological polar surface area (TPSA) is 21.6 Å². The Morgan fingerprint density at radius 2 is 1.57 bits per heavy atom. The molecule has 0 aliphatic rings. The summed E-state index contributed by atoms with van der Waals surface area (Å²) in [7, 11) is 0. The first kappa shape index (κ1) is 13.9. The Morgan fingerprint density at radius 3 is 2.19 bits per heavy atom. The second-order valence-corrected chi connectivity index (χ2v) is 5.74. The van der Waals surface area contributed by atoms with Crippen LogP contribution in [0.2, 0.25) is 5.02 Å². The Labute approximate surface area is 132 Å². The Balaban J connectivity index is 1.67. The fraction of sp³-hybridized carbons (Fsp3) is 0. The predicted molar refractivity (Wildman–Crippen MR) is 89.5 cm³/mol. The molecule has 0 unspecified atom stereocenters. The van der Waals surface area contributed by atoms with Gasteiger partial charge >= 0.3 is 0 Å². The third-order valence-electron chi connectivity index (χ3n) is 2.77. The minimum Gasteiger partial charge on any atom is -0.457 e. The molecule has 0 radical (unpaired) electrons. The summed E-state index contributed by atoms with van der Waals surface area (Å²) < 4.78 is 5.73. The van der Waals surface area contributed by atoms with Crippen molar-refractivity contribution in [2.24, 2.45) is 4.99 Å². The van der Waals surface area contributed by atoms with Crippen molar-refractivity contribution in [3.63, 3.8) is 0 Å². The Kier molecular flexibility index (Phi) is 4.34. The normalized spacial score (nSPS) is 10.9. The standard InChI is InChI=1S/C17H12ClNOS/c18-13-3-7-15(8-4-13)20-16-9-5-14(6-10-16)19-12-17-2-1-11-21-17/h1-12H. The minimum atomic E-state index is 0.695. The molecule has 2 nitrogen and oxygen atoms in total. The summed E-state index contributed by atoms with van der Waals surface area (Å²) in [6.45, 7) is 0. The Bertz CT molecular complexity index is 718. The molecule has 1 heterocycles. The van der Waals surface area contributed by atoms with Gasteiger partial charge in [-0.25, -0.2) is 0 Å². The second kappa shape index (κ2) is 6.57. The van der Waals surface area contributed by atoms with Crippen LogP contribution in [-0.4, -0.2) is 6.21 Å². The highest BCUT2D eigenvalue weighted by Crippen LogP contribution is 2.25. The lowest BCUT2D eigenvalue weighted by atomic mass is 10.3. The van der Waals surface area contributed by atoms with Gasteiger partial charge in [-0.3, -0.25) is 4.99 Å². The molecule has 0 N–H and O–H groups in total. The maximum Gasteiger partial charge on any atom is 0.127 e. The van der Waals surface area contributed by atoms with E-state index in [1.54, 1.807) is 23.5 Å². The highest BCUT2D eigenvalue weighted by Gasteiger charge is 1.98. The first-order valence-electron chi connectivity index (χ1n) is 6.41. The largest absolute Gasteiger partial charge is 0.457 e. The van der Waals surface area contributed by atoms with Gasteiger partial charge in [-0.15, -0.1) is 11.3 Å². The number of nitrogens with zero attached hydrogens (tertiary/aromatic N) is 1. The number of aliphatic imine (C=N–C) groups is 1. The van der Waals surface area contributed by atoms with Gasteiger partial charge in [0, 0.05) is 16.1 Å². The average Bonchev–Trinajstić information content (AvgIpc) is 3.02. The van der Waals surface area contributed by atoms with E-state index in [4.69, 9.17) is 16.3 Å². The van der Waals surface area contributed by atoms with Gasteiger partial charge in [-0.2, -0.15) is 0 Å². The summed E-state index contributed by atoms with van der Waals surface area (Å²) in [5.41, 5.74) is 0.895. The van der Waals surface area contributed by atoms with E-state index in [1.807, 2.05) is 60.1 Å². The second-order valence-electron chi connectivity index (χ2n) is 4.32. The zero-order valence-corrected chi connectivity index (χ0v) is 12.6. The smallest absolute Gasteiger partial charge is 0.127 e. The molecule has 0 saturated carbocycles. The van der Waals surface area contributed by atoms with E-state index in [-0.39, 0.29) is 0 Å². The zero-order valence-electron chi connectivity index (χ0n) is 11.1. The molecule has 104 valence electrons. The third kappa shape index (κ3) is 3.94. The van der Waals surface area contributed by atoms with Crippen LogP contribution in [-0.2, 0) is 0 Å². The highest BCUT2D eigenvalue weighted by atomic mass is 35.5. The molecule has 2 aromatic carbocycles. The van der Waals surface area contributed by atoms with Gasteiger partial charge < -0.3 is 4.74 Å². The molecule has 0 aliphatic heterocycles. The molecule has 0 bridgehead atoms. The number of ether oxygens (including phenoxy) is 1. The quantitative estimate of drug-likeness (QED) is 0.546. The fourth-order valence-electron chi connectivity index (χ4n) is 1.74. The number of rotatable bonds is 4. The minimum absolute atomic E-state index is 0.695. The van der Waals surface area contributed by atoms with Gasteiger partial charge in [0.1, 0.15) is 11.5 Å². The van der Waals surface area contributed by atoms with Crippen molar-refractivity contribution < 1.29 is 4.74 Å². The van der Waals surface area contributed by atoms with E-state index >= 15 is 0 Å². The molecule has 1 aromatic heterocycles. The van der Waals surface area contributed by atoms with Crippen molar-refractivity contribution in [3.05, 3.63) is 75.9 Å². The predicted octanol–water partition coefficient (Wildman–Crippen LogP) is 5.94. The van der Waals surface area contributed by atoms with Crippen molar-refractivity contribution in [1.82, 2.24) is 0 Å². The summed E-state index contributed by atoms with van der Waals surface area (Å²) >= 11 is 7.51. The molecule has 0 fully saturated rings. The summed E-state index contributed by atoms with van der Waals surface area (Å²) in [4.78, 5) is 5.56. The van der Waals surface area contributed by atoms with Crippen LogP contribution in [0, 0.1) is 0 Å². The van der Waals surface area contributed by atoms with E-state index in [0.717, 1.165) is 22.1 Å². The number of thiophene rings is 1. The van der Waals surface area contributed by atoms with Crippen LogP contribution in [0.4, 0.5) is 5.69 Å². The average molecular weight is 314 g/mol. The lowest BCUT2D eigenvalue weighted by molar-refractivity contribution is 0.483. The molecule has 21 heavy (non-hydrogen) atoms. The first-order chi connectivity index (χ1) is 10.3. The summed E-state index contributed by atoms with van der Waals surface area (Å²) in [5, 5.41) is 2.73. The van der Waals surface area contributed by atoms with Crippen LogP contribution >= 0.6 is 22.9 Å². The van der Waals surface area contributed by atoms with E-state index in [2.05, 4.69) is 4.99 Å². The number of halogens is 1. The van der Waals surface area contributed by atoms with Gasteiger partial charge in [0.2, 0.25) is 0 Å². The maximum absolute atomic E-state index is 5.84. The van der Waals surface area contributed by atoms with E-state index < -0.39 is 0 Å². The van der Waals surface area contributed by atoms with Gasteiger partial charge in [-0.1, -0.05) is 17.7 Å². The molecule has 0 spiro atoms. The van der Waals surface area contributed by atoms with Crippen LogP contribution in [0.3, 0.4) is 0 Å². The first-order valence-corrected chi connectivity index (χ1v) is 7.66. The molecule has 3 aromatic rings. The van der Waals surface area contributed by atoms with Crippen LogP contribution in [0.1, 0.15) is 4.88 Å². The fourth-order valence-corrected chi connectivity index (χ4v) is 2.45. The van der Waals surface area contributed by atoms with Gasteiger partial charge in [0.05, 0.1) is 5.69 Å². The lowest BCUT2D eigenvalue weighted by Gasteiger charge is -2.05. The van der Waals surface area contributed by atoms with Crippen molar-refractivity contribution >= 4 is 34.8 Å². The summed E-state index contributed by atoms with van der Waals surface area (Å²) in [6, 6.07) is 19.0. The molecule has 0 amide bonds. The van der Waals surface area contributed by atoms with E-state index in [1.165, 1.54) is 0 Å². The monoisotopic (exact) mass is 313 g/mol. The molecule has 0 atom stereocenters.